The Kier molecular flexibility index (Phi) is 4.73. The number of amides is 2. The summed E-state index contributed by atoms with van der Waals surface area (Å²) >= 11 is 7.49. The number of nitrogens with one attached hydrogen (secondary N) is 1. The first kappa shape index (κ1) is 16.7. The number of aliphatic carboxylic acids is 1. The number of fused-ring (bicyclic) bond motifs is 1. The lowest BCUT2D eigenvalue weighted by atomic mass is 10.2. The highest BCUT2D eigenvalue weighted by Crippen LogP contribution is 2.34. The van der Waals surface area contributed by atoms with Crippen molar-refractivity contribution in [3.05, 3.63) is 34.2 Å². The van der Waals surface area contributed by atoms with E-state index in [9.17, 15) is 14.4 Å². The molecule has 0 spiro atoms. The molecule has 3 rings (SSSR count). The van der Waals surface area contributed by atoms with E-state index in [1.54, 1.807) is 0 Å². The SMILES string of the molecule is O=C(NCC(=O)N1CCC[C@H]1C(=O)O)c1sc2ccccc2c1Cl. The zero-order chi connectivity index (χ0) is 17.3. The van der Waals surface area contributed by atoms with Gasteiger partial charge in [0.25, 0.3) is 5.91 Å². The second kappa shape index (κ2) is 6.78. The first-order chi connectivity index (χ1) is 11.5. The standard InChI is InChI=1S/C16H15ClN2O4S/c17-13-9-4-1-2-6-11(9)24-14(13)15(21)18-8-12(20)19-7-3-5-10(19)16(22)23/h1-2,4,6,10H,3,5,7-8H2,(H,18,21)(H,22,23)/t10-/m0/s1. The van der Waals surface area contributed by atoms with Gasteiger partial charge in [0.15, 0.2) is 0 Å². The van der Waals surface area contributed by atoms with Crippen molar-refractivity contribution in [3.8, 4) is 0 Å². The fourth-order valence-electron chi connectivity index (χ4n) is 2.82. The third kappa shape index (κ3) is 3.09. The lowest BCUT2D eigenvalue weighted by Gasteiger charge is -2.21. The van der Waals surface area contributed by atoms with E-state index in [2.05, 4.69) is 5.32 Å². The van der Waals surface area contributed by atoms with Gasteiger partial charge in [-0.2, -0.15) is 0 Å². The number of carbonyl (C=O) groups excluding carboxylic acids is 2. The maximum absolute atomic E-state index is 12.3. The number of halogens is 1. The summed E-state index contributed by atoms with van der Waals surface area (Å²) in [6.07, 6.45) is 1.09. The topological polar surface area (TPSA) is 86.7 Å². The number of carbonyl (C=O) groups is 3. The highest BCUT2D eigenvalue weighted by molar-refractivity contribution is 7.21. The minimum atomic E-state index is -1.01. The quantitative estimate of drug-likeness (QED) is 0.869. The van der Waals surface area contributed by atoms with Gasteiger partial charge in [0.05, 0.1) is 11.6 Å². The fraction of sp³-hybridized carbons (Fsp3) is 0.312. The highest BCUT2D eigenvalue weighted by Gasteiger charge is 2.33. The third-order valence-corrected chi connectivity index (χ3v) is 5.67. The average molecular weight is 367 g/mol. The molecule has 0 saturated carbocycles. The van der Waals surface area contributed by atoms with E-state index >= 15 is 0 Å². The molecule has 0 unspecified atom stereocenters. The first-order valence-electron chi connectivity index (χ1n) is 7.46. The second-order valence-electron chi connectivity index (χ2n) is 5.51. The van der Waals surface area contributed by atoms with Crippen molar-refractivity contribution in [3.63, 3.8) is 0 Å². The summed E-state index contributed by atoms with van der Waals surface area (Å²) in [7, 11) is 0. The van der Waals surface area contributed by atoms with Crippen molar-refractivity contribution >= 4 is 50.8 Å². The van der Waals surface area contributed by atoms with Gasteiger partial charge in [-0.3, -0.25) is 9.59 Å². The minimum Gasteiger partial charge on any atom is -0.480 e. The predicted molar refractivity (Wildman–Crippen MR) is 91.5 cm³/mol. The Morgan fingerprint density at radius 3 is 2.79 bits per heavy atom. The predicted octanol–water partition coefficient (Wildman–Crippen LogP) is 2.36. The average Bonchev–Trinajstić information content (AvgIpc) is 3.18. The van der Waals surface area contributed by atoms with Crippen LogP contribution in [0.1, 0.15) is 22.5 Å². The highest BCUT2D eigenvalue weighted by atomic mass is 35.5. The Balaban J connectivity index is 1.67. The van der Waals surface area contributed by atoms with E-state index < -0.39 is 23.8 Å². The molecule has 2 aromatic rings. The van der Waals surface area contributed by atoms with Crippen LogP contribution in [0, 0.1) is 0 Å². The maximum atomic E-state index is 12.3. The molecule has 1 aliphatic rings. The molecule has 0 bridgehead atoms. The van der Waals surface area contributed by atoms with Gasteiger partial charge in [0.1, 0.15) is 10.9 Å². The van der Waals surface area contributed by atoms with E-state index in [1.807, 2.05) is 24.3 Å². The van der Waals surface area contributed by atoms with E-state index in [0.29, 0.717) is 29.3 Å². The second-order valence-corrected chi connectivity index (χ2v) is 6.94. The molecule has 0 radical (unpaired) electrons. The van der Waals surface area contributed by atoms with Gasteiger partial charge in [0.2, 0.25) is 5.91 Å². The van der Waals surface area contributed by atoms with Gasteiger partial charge in [-0.05, 0) is 18.9 Å². The number of hydrogen-bond donors (Lipinski definition) is 2. The minimum absolute atomic E-state index is 0.243. The van der Waals surface area contributed by atoms with E-state index in [0.717, 1.165) is 10.1 Å². The van der Waals surface area contributed by atoms with Gasteiger partial charge >= 0.3 is 5.97 Å². The van der Waals surface area contributed by atoms with E-state index in [1.165, 1.54) is 16.2 Å². The Morgan fingerprint density at radius 1 is 1.33 bits per heavy atom. The van der Waals surface area contributed by atoms with Crippen molar-refractivity contribution < 1.29 is 19.5 Å². The molecule has 1 aliphatic heterocycles. The van der Waals surface area contributed by atoms with Crippen LogP contribution in [0.4, 0.5) is 0 Å². The zero-order valence-electron chi connectivity index (χ0n) is 12.6. The molecule has 2 amide bonds. The van der Waals surface area contributed by atoms with Crippen LogP contribution in [0.25, 0.3) is 10.1 Å². The van der Waals surface area contributed by atoms with E-state index in [4.69, 9.17) is 16.7 Å². The van der Waals surface area contributed by atoms with Crippen LogP contribution < -0.4 is 5.32 Å². The first-order valence-corrected chi connectivity index (χ1v) is 8.66. The largest absolute Gasteiger partial charge is 0.480 e. The number of carboxylic acid groups (broad SMARTS) is 1. The van der Waals surface area contributed by atoms with Crippen LogP contribution in [-0.4, -0.2) is 46.9 Å². The Labute approximate surface area is 147 Å². The normalized spacial score (nSPS) is 17.2. The number of benzene rings is 1. The molecule has 2 N–H and O–H groups in total. The smallest absolute Gasteiger partial charge is 0.326 e. The van der Waals surface area contributed by atoms with Gasteiger partial charge in [0, 0.05) is 16.6 Å². The van der Waals surface area contributed by atoms with Crippen LogP contribution in [0.3, 0.4) is 0 Å². The van der Waals surface area contributed by atoms with Crippen LogP contribution in [0.2, 0.25) is 5.02 Å². The molecule has 0 aliphatic carbocycles. The zero-order valence-corrected chi connectivity index (χ0v) is 14.2. The number of hydrogen-bond acceptors (Lipinski definition) is 4. The summed E-state index contributed by atoms with van der Waals surface area (Å²) in [5.41, 5.74) is 0. The maximum Gasteiger partial charge on any atom is 0.326 e. The molecule has 1 saturated heterocycles. The van der Waals surface area contributed by atoms with Crippen molar-refractivity contribution in [2.24, 2.45) is 0 Å². The molecule has 24 heavy (non-hydrogen) atoms. The number of carboxylic acids is 1. The summed E-state index contributed by atoms with van der Waals surface area (Å²) in [6.45, 7) is 0.155. The number of rotatable bonds is 4. The summed E-state index contributed by atoms with van der Waals surface area (Å²) < 4.78 is 0.893. The molecule has 1 aromatic carbocycles. The van der Waals surface area contributed by atoms with Gasteiger partial charge < -0.3 is 15.3 Å². The number of likely N-dealkylation sites (tertiary alicyclic amines) is 1. The van der Waals surface area contributed by atoms with Crippen molar-refractivity contribution in [2.75, 3.05) is 13.1 Å². The number of nitrogens with zero attached hydrogens (tertiary/aromatic N) is 1. The Bertz CT molecular complexity index is 820. The summed E-state index contributed by atoms with van der Waals surface area (Å²) in [5.74, 6) is -1.84. The molecular formula is C16H15ClN2O4S. The van der Waals surface area contributed by atoms with E-state index in [-0.39, 0.29) is 6.54 Å². The number of thiophene rings is 1. The molecule has 1 fully saturated rings. The fourth-order valence-corrected chi connectivity index (χ4v) is 4.25. The third-order valence-electron chi connectivity index (χ3n) is 4.00. The lowest BCUT2D eigenvalue weighted by Crippen LogP contribution is -2.45. The van der Waals surface area contributed by atoms with Crippen molar-refractivity contribution in [1.82, 2.24) is 10.2 Å². The summed E-state index contributed by atoms with van der Waals surface area (Å²) in [4.78, 5) is 37.2. The molecule has 126 valence electrons. The summed E-state index contributed by atoms with van der Waals surface area (Å²) in [5, 5.41) is 12.8. The molecule has 1 aromatic heterocycles. The van der Waals surface area contributed by atoms with Crippen LogP contribution in [0.5, 0.6) is 0 Å². The Hall–Kier alpha value is -2.12. The van der Waals surface area contributed by atoms with Crippen LogP contribution >= 0.6 is 22.9 Å². The molecule has 1 atom stereocenters. The summed E-state index contributed by atoms with van der Waals surface area (Å²) in [6, 6.07) is 6.60. The van der Waals surface area contributed by atoms with Gasteiger partial charge in [-0.25, -0.2) is 4.79 Å². The molecular weight excluding hydrogens is 352 g/mol. The molecule has 8 heteroatoms. The molecule has 2 heterocycles. The monoisotopic (exact) mass is 366 g/mol. The van der Waals surface area contributed by atoms with Crippen LogP contribution in [0.15, 0.2) is 24.3 Å². The van der Waals surface area contributed by atoms with Crippen molar-refractivity contribution in [1.29, 1.82) is 0 Å². The lowest BCUT2D eigenvalue weighted by molar-refractivity contribution is -0.147. The Morgan fingerprint density at radius 2 is 2.08 bits per heavy atom. The van der Waals surface area contributed by atoms with Crippen LogP contribution in [-0.2, 0) is 9.59 Å². The van der Waals surface area contributed by atoms with Gasteiger partial charge in [-0.1, -0.05) is 29.8 Å². The molecule has 6 nitrogen and oxygen atoms in total. The van der Waals surface area contributed by atoms with Crippen molar-refractivity contribution in [2.45, 2.75) is 18.9 Å². The van der Waals surface area contributed by atoms with Gasteiger partial charge in [-0.15, -0.1) is 11.3 Å².